The van der Waals surface area contributed by atoms with Crippen LogP contribution in [0.4, 0.5) is 0 Å². The summed E-state index contributed by atoms with van der Waals surface area (Å²) in [6.45, 7) is 7.65. The molecule has 1 aliphatic carbocycles. The molecule has 1 aromatic heterocycles. The van der Waals surface area contributed by atoms with Crippen molar-refractivity contribution in [3.05, 3.63) is 22.4 Å². The Morgan fingerprint density at radius 3 is 2.52 bits per heavy atom. The highest BCUT2D eigenvalue weighted by atomic mass is 32.1. The molecule has 0 unspecified atom stereocenters. The summed E-state index contributed by atoms with van der Waals surface area (Å²) >= 11 is 1.92. The fraction of sp³-hybridized carbons (Fsp3) is 0.762. The van der Waals surface area contributed by atoms with E-state index in [1.807, 2.05) is 11.3 Å². The van der Waals surface area contributed by atoms with E-state index in [1.165, 1.54) is 50.1 Å². The maximum Gasteiger partial charge on any atom is 0.0684 e. The summed E-state index contributed by atoms with van der Waals surface area (Å²) in [4.78, 5) is 6.62. The lowest BCUT2D eigenvalue weighted by molar-refractivity contribution is 0.0405. The van der Waals surface area contributed by atoms with Gasteiger partial charge in [0.2, 0.25) is 0 Å². The lowest BCUT2D eigenvalue weighted by atomic mass is 9.66. The topological polar surface area (TPSA) is 30.3 Å². The Hall–Kier alpha value is -0.890. The highest BCUT2D eigenvalue weighted by molar-refractivity contribution is 7.10. The second-order valence-corrected chi connectivity index (χ2v) is 10.1. The third-order valence-corrected chi connectivity index (χ3v) is 7.91. The molecule has 0 amide bonds. The zero-order chi connectivity index (χ0) is 18.1. The second kappa shape index (κ2) is 7.02. The van der Waals surface area contributed by atoms with E-state index in [4.69, 9.17) is 0 Å². The number of rotatable bonds is 5. The van der Waals surface area contributed by atoms with E-state index in [2.05, 4.69) is 61.3 Å². The van der Waals surface area contributed by atoms with E-state index in [-0.39, 0.29) is 11.0 Å². The normalized spacial score (nSPS) is 30.9. The average Bonchev–Trinajstić information content (AvgIpc) is 3.25. The van der Waals surface area contributed by atoms with Crippen molar-refractivity contribution in [2.45, 2.75) is 57.9 Å². The fourth-order valence-electron chi connectivity index (χ4n) is 4.77. The maximum atomic E-state index is 9.24. The van der Waals surface area contributed by atoms with Crippen LogP contribution in [0.3, 0.4) is 0 Å². The van der Waals surface area contributed by atoms with Crippen molar-refractivity contribution in [3.63, 3.8) is 0 Å². The average molecular weight is 360 g/mol. The van der Waals surface area contributed by atoms with Crippen LogP contribution in [0, 0.1) is 22.2 Å². The van der Waals surface area contributed by atoms with E-state index in [0.717, 1.165) is 13.0 Å². The van der Waals surface area contributed by atoms with Crippen molar-refractivity contribution in [2.75, 3.05) is 33.7 Å². The molecule has 0 radical (unpaired) electrons. The van der Waals surface area contributed by atoms with Gasteiger partial charge in [0.15, 0.2) is 0 Å². The van der Waals surface area contributed by atoms with Crippen molar-refractivity contribution in [1.29, 1.82) is 5.26 Å². The molecule has 1 aromatic rings. The first-order valence-corrected chi connectivity index (χ1v) is 10.5. The van der Waals surface area contributed by atoms with Crippen molar-refractivity contribution in [2.24, 2.45) is 10.8 Å². The van der Waals surface area contributed by atoms with Gasteiger partial charge in [-0.1, -0.05) is 6.07 Å². The number of hydrogen-bond donors (Lipinski definition) is 0. The van der Waals surface area contributed by atoms with Crippen LogP contribution in [0.5, 0.6) is 0 Å². The minimum absolute atomic E-state index is 0.193. The molecule has 3 rings (SSSR count). The standard InChI is InChI=1S/C21H33N3S/c1-19(2,16-22)11-13-24-14-12-20(17-24)7-9-21(10-8-20,23(3)4)18-6-5-15-25-18/h5-6,15H,7-14,17H2,1-4H3. The Morgan fingerprint density at radius 1 is 1.24 bits per heavy atom. The van der Waals surface area contributed by atoms with Gasteiger partial charge in [0.25, 0.3) is 0 Å². The van der Waals surface area contributed by atoms with Crippen molar-refractivity contribution < 1.29 is 0 Å². The second-order valence-electron chi connectivity index (χ2n) is 9.18. The Morgan fingerprint density at radius 2 is 1.96 bits per heavy atom. The molecule has 4 heteroatoms. The van der Waals surface area contributed by atoms with Crippen LogP contribution in [0.15, 0.2) is 17.5 Å². The first-order valence-electron chi connectivity index (χ1n) is 9.66. The molecule has 2 fully saturated rings. The van der Waals surface area contributed by atoms with E-state index in [1.54, 1.807) is 0 Å². The van der Waals surface area contributed by atoms with Crippen LogP contribution in [-0.4, -0.2) is 43.5 Å². The van der Waals surface area contributed by atoms with Crippen LogP contribution < -0.4 is 0 Å². The van der Waals surface area contributed by atoms with Gasteiger partial charge in [-0.05, 0) is 96.4 Å². The lowest BCUT2D eigenvalue weighted by Crippen LogP contribution is -2.47. The summed E-state index contributed by atoms with van der Waals surface area (Å²) in [5.74, 6) is 0. The molecule has 0 N–H and O–H groups in total. The van der Waals surface area contributed by atoms with Gasteiger partial charge in [-0.15, -0.1) is 11.3 Å². The number of nitriles is 1. The lowest BCUT2D eigenvalue weighted by Gasteiger charge is -2.48. The largest absolute Gasteiger partial charge is 0.303 e. The molecule has 138 valence electrons. The predicted molar refractivity (Wildman–Crippen MR) is 106 cm³/mol. The van der Waals surface area contributed by atoms with Gasteiger partial charge in [-0.3, -0.25) is 4.90 Å². The number of thiophene rings is 1. The molecular formula is C21H33N3S. The van der Waals surface area contributed by atoms with Crippen molar-refractivity contribution in [1.82, 2.24) is 9.80 Å². The third kappa shape index (κ3) is 3.79. The number of likely N-dealkylation sites (tertiary alicyclic amines) is 1. The maximum absolute atomic E-state index is 9.24. The van der Waals surface area contributed by atoms with Gasteiger partial charge in [0.05, 0.1) is 17.0 Å². The monoisotopic (exact) mass is 359 g/mol. The van der Waals surface area contributed by atoms with Crippen LogP contribution in [0.2, 0.25) is 0 Å². The molecule has 0 aromatic carbocycles. The Labute approximate surface area is 157 Å². The Bertz CT molecular complexity index is 604. The summed E-state index contributed by atoms with van der Waals surface area (Å²) < 4.78 is 0. The molecule has 1 aliphatic heterocycles. The van der Waals surface area contributed by atoms with Gasteiger partial charge in [0, 0.05) is 11.4 Å². The molecule has 1 spiro atoms. The summed E-state index contributed by atoms with van der Waals surface area (Å²) in [7, 11) is 4.51. The molecule has 1 saturated heterocycles. The Balaban J connectivity index is 1.61. The molecule has 2 aliphatic rings. The first kappa shape index (κ1) is 18.9. The molecule has 0 atom stereocenters. The van der Waals surface area contributed by atoms with E-state index in [0.29, 0.717) is 5.41 Å². The SMILES string of the molecule is CN(C)C1(c2cccs2)CCC2(CCN(CCC(C)(C)C#N)C2)CC1. The van der Waals surface area contributed by atoms with Crippen molar-refractivity contribution >= 4 is 11.3 Å². The predicted octanol–water partition coefficient (Wildman–Crippen LogP) is 4.71. The number of hydrogen-bond acceptors (Lipinski definition) is 4. The fourth-order valence-corrected chi connectivity index (χ4v) is 5.84. The highest BCUT2D eigenvalue weighted by Crippen LogP contribution is 2.52. The molecular weight excluding hydrogens is 326 g/mol. The summed E-state index contributed by atoms with van der Waals surface area (Å²) in [6.07, 6.45) is 7.54. The Kier molecular flexibility index (Phi) is 5.31. The van der Waals surface area contributed by atoms with Gasteiger partial charge in [-0.25, -0.2) is 0 Å². The van der Waals surface area contributed by atoms with E-state index in [9.17, 15) is 5.26 Å². The minimum Gasteiger partial charge on any atom is -0.303 e. The van der Waals surface area contributed by atoms with Crippen LogP contribution in [0.1, 0.15) is 57.2 Å². The molecule has 2 heterocycles. The van der Waals surface area contributed by atoms with Crippen LogP contribution >= 0.6 is 11.3 Å². The van der Waals surface area contributed by atoms with Crippen molar-refractivity contribution in [3.8, 4) is 6.07 Å². The first-order chi connectivity index (χ1) is 11.8. The summed E-state index contributed by atoms with van der Waals surface area (Å²) in [5.41, 5.74) is 0.574. The third-order valence-electron chi connectivity index (χ3n) is 6.85. The minimum atomic E-state index is -0.193. The van der Waals surface area contributed by atoms with Gasteiger partial charge in [-0.2, -0.15) is 5.26 Å². The number of nitrogens with zero attached hydrogens (tertiary/aromatic N) is 3. The zero-order valence-electron chi connectivity index (χ0n) is 16.3. The summed E-state index contributed by atoms with van der Waals surface area (Å²) in [6, 6.07) is 6.97. The quantitative estimate of drug-likeness (QED) is 0.762. The van der Waals surface area contributed by atoms with E-state index >= 15 is 0 Å². The molecule has 0 bridgehead atoms. The molecule has 3 nitrogen and oxygen atoms in total. The van der Waals surface area contributed by atoms with Gasteiger partial charge >= 0.3 is 0 Å². The van der Waals surface area contributed by atoms with E-state index < -0.39 is 0 Å². The van der Waals surface area contributed by atoms with Gasteiger partial charge < -0.3 is 4.90 Å². The zero-order valence-corrected chi connectivity index (χ0v) is 17.2. The highest BCUT2D eigenvalue weighted by Gasteiger charge is 2.47. The molecule has 1 saturated carbocycles. The molecule has 25 heavy (non-hydrogen) atoms. The summed E-state index contributed by atoms with van der Waals surface area (Å²) in [5, 5.41) is 11.5. The van der Waals surface area contributed by atoms with Crippen LogP contribution in [0.25, 0.3) is 0 Å². The van der Waals surface area contributed by atoms with Gasteiger partial charge in [0.1, 0.15) is 0 Å². The van der Waals surface area contributed by atoms with Crippen LogP contribution in [-0.2, 0) is 5.54 Å². The smallest absolute Gasteiger partial charge is 0.0684 e.